The van der Waals surface area contributed by atoms with Crippen LogP contribution in [0.3, 0.4) is 0 Å². The summed E-state index contributed by atoms with van der Waals surface area (Å²) in [7, 11) is 1.86. The van der Waals surface area contributed by atoms with E-state index in [0.29, 0.717) is 13.2 Å². The Bertz CT molecular complexity index is 555. The zero-order chi connectivity index (χ0) is 12.5. The standard InChI is InChI=1S/C11H15N5O2/c1-15-10-9(4-14-15)11(13-7-12-10)16-2-3-18-8(5-16)6-17/h4,7-8,17H,2-3,5-6H2,1H3. The zero-order valence-corrected chi connectivity index (χ0v) is 10.2. The van der Waals surface area contributed by atoms with Crippen LogP contribution in [-0.2, 0) is 11.8 Å². The summed E-state index contributed by atoms with van der Waals surface area (Å²) in [5.41, 5.74) is 0.812. The first-order valence-corrected chi connectivity index (χ1v) is 5.89. The average Bonchev–Trinajstić information content (AvgIpc) is 2.81. The van der Waals surface area contributed by atoms with Gasteiger partial charge in [0.15, 0.2) is 5.65 Å². The van der Waals surface area contributed by atoms with E-state index in [2.05, 4.69) is 20.0 Å². The van der Waals surface area contributed by atoms with Crippen LogP contribution in [-0.4, -0.2) is 57.3 Å². The topological polar surface area (TPSA) is 76.3 Å². The fourth-order valence-corrected chi connectivity index (χ4v) is 2.22. The Morgan fingerprint density at radius 1 is 1.50 bits per heavy atom. The highest BCUT2D eigenvalue weighted by atomic mass is 16.5. The fourth-order valence-electron chi connectivity index (χ4n) is 2.22. The van der Waals surface area contributed by atoms with Gasteiger partial charge in [-0.2, -0.15) is 5.10 Å². The number of aliphatic hydroxyl groups is 1. The van der Waals surface area contributed by atoms with E-state index in [4.69, 9.17) is 4.74 Å². The molecule has 0 aliphatic carbocycles. The minimum Gasteiger partial charge on any atom is -0.394 e. The highest BCUT2D eigenvalue weighted by Gasteiger charge is 2.23. The number of morpholine rings is 1. The van der Waals surface area contributed by atoms with Gasteiger partial charge in [0.2, 0.25) is 0 Å². The summed E-state index contributed by atoms with van der Waals surface area (Å²) in [6.45, 7) is 2.02. The lowest BCUT2D eigenvalue weighted by Gasteiger charge is -2.32. The number of aliphatic hydroxyl groups excluding tert-OH is 1. The van der Waals surface area contributed by atoms with Crippen molar-refractivity contribution >= 4 is 16.9 Å². The third kappa shape index (κ3) is 1.81. The van der Waals surface area contributed by atoms with Gasteiger partial charge in [0.25, 0.3) is 0 Å². The number of nitrogens with zero attached hydrogens (tertiary/aromatic N) is 5. The highest BCUT2D eigenvalue weighted by molar-refractivity contribution is 5.86. The number of aryl methyl sites for hydroxylation is 1. The molecular formula is C11H15N5O2. The van der Waals surface area contributed by atoms with E-state index in [9.17, 15) is 5.11 Å². The molecule has 1 saturated heterocycles. The molecule has 3 rings (SSSR count). The third-order valence-corrected chi connectivity index (χ3v) is 3.15. The van der Waals surface area contributed by atoms with Crippen molar-refractivity contribution in [3.05, 3.63) is 12.5 Å². The SMILES string of the molecule is Cn1ncc2c(N3CCOC(CO)C3)ncnc21. The van der Waals surface area contributed by atoms with Gasteiger partial charge in [-0.1, -0.05) is 0 Å². The van der Waals surface area contributed by atoms with Crippen molar-refractivity contribution in [3.8, 4) is 0 Å². The second kappa shape index (κ2) is 4.51. The van der Waals surface area contributed by atoms with Crippen LogP contribution in [0.4, 0.5) is 5.82 Å². The molecule has 0 spiro atoms. The first kappa shape index (κ1) is 11.4. The molecule has 1 aliphatic heterocycles. The van der Waals surface area contributed by atoms with Gasteiger partial charge in [0.1, 0.15) is 12.1 Å². The third-order valence-electron chi connectivity index (χ3n) is 3.15. The molecule has 0 amide bonds. The molecule has 2 aromatic rings. The van der Waals surface area contributed by atoms with Crippen LogP contribution >= 0.6 is 0 Å². The number of rotatable bonds is 2. The van der Waals surface area contributed by atoms with Gasteiger partial charge < -0.3 is 14.7 Å². The first-order valence-electron chi connectivity index (χ1n) is 5.89. The lowest BCUT2D eigenvalue weighted by molar-refractivity contribution is 0.00343. The Morgan fingerprint density at radius 2 is 2.39 bits per heavy atom. The second-order valence-electron chi connectivity index (χ2n) is 4.32. The van der Waals surface area contributed by atoms with Crippen LogP contribution in [0.5, 0.6) is 0 Å². The van der Waals surface area contributed by atoms with E-state index in [1.165, 1.54) is 0 Å². The predicted octanol–water partition coefficient (Wildman–Crippen LogP) is -0.439. The molecule has 0 aromatic carbocycles. The van der Waals surface area contributed by atoms with Gasteiger partial charge >= 0.3 is 0 Å². The molecule has 7 heteroatoms. The van der Waals surface area contributed by atoms with Crippen LogP contribution in [0, 0.1) is 0 Å². The molecule has 1 N–H and O–H groups in total. The summed E-state index contributed by atoms with van der Waals surface area (Å²) in [4.78, 5) is 10.7. The van der Waals surface area contributed by atoms with Gasteiger partial charge in [0, 0.05) is 20.1 Å². The van der Waals surface area contributed by atoms with E-state index in [0.717, 1.165) is 23.4 Å². The summed E-state index contributed by atoms with van der Waals surface area (Å²) in [5, 5.41) is 14.3. The van der Waals surface area contributed by atoms with Crippen LogP contribution in [0.25, 0.3) is 11.0 Å². The lowest BCUT2D eigenvalue weighted by Crippen LogP contribution is -2.44. The van der Waals surface area contributed by atoms with Crippen molar-refractivity contribution in [1.29, 1.82) is 0 Å². The Hall–Kier alpha value is -1.73. The molecule has 18 heavy (non-hydrogen) atoms. The quantitative estimate of drug-likeness (QED) is 0.777. The van der Waals surface area contributed by atoms with E-state index >= 15 is 0 Å². The maximum Gasteiger partial charge on any atom is 0.163 e. The Labute approximate surface area is 104 Å². The highest BCUT2D eigenvalue weighted by Crippen LogP contribution is 2.23. The Kier molecular flexibility index (Phi) is 2.85. The van der Waals surface area contributed by atoms with Crippen LogP contribution in [0.2, 0.25) is 0 Å². The van der Waals surface area contributed by atoms with Gasteiger partial charge in [0.05, 0.1) is 30.9 Å². The molecule has 0 radical (unpaired) electrons. The van der Waals surface area contributed by atoms with Crippen LogP contribution in [0.15, 0.2) is 12.5 Å². The average molecular weight is 249 g/mol. The van der Waals surface area contributed by atoms with Crippen LogP contribution < -0.4 is 4.90 Å². The van der Waals surface area contributed by atoms with Crippen molar-refractivity contribution in [2.75, 3.05) is 31.2 Å². The Morgan fingerprint density at radius 3 is 3.22 bits per heavy atom. The molecule has 1 atom stereocenters. The molecule has 7 nitrogen and oxygen atoms in total. The molecular weight excluding hydrogens is 234 g/mol. The van der Waals surface area contributed by atoms with Crippen molar-refractivity contribution in [2.24, 2.45) is 7.05 Å². The van der Waals surface area contributed by atoms with E-state index in [-0.39, 0.29) is 12.7 Å². The predicted molar refractivity (Wildman–Crippen MR) is 65.3 cm³/mol. The van der Waals surface area contributed by atoms with Crippen molar-refractivity contribution in [2.45, 2.75) is 6.10 Å². The number of ether oxygens (including phenoxy) is 1. The number of fused-ring (bicyclic) bond motifs is 1. The minimum atomic E-state index is -0.152. The monoisotopic (exact) mass is 249 g/mol. The van der Waals surface area contributed by atoms with Gasteiger partial charge in [-0.15, -0.1) is 0 Å². The smallest absolute Gasteiger partial charge is 0.163 e. The normalized spacial score (nSPS) is 20.6. The summed E-state index contributed by atoms with van der Waals surface area (Å²) in [5.74, 6) is 0.856. The molecule has 0 saturated carbocycles. The number of hydrogen-bond donors (Lipinski definition) is 1. The second-order valence-corrected chi connectivity index (χ2v) is 4.32. The number of hydrogen-bond acceptors (Lipinski definition) is 6. The molecule has 1 fully saturated rings. The minimum absolute atomic E-state index is 0.0256. The molecule has 0 bridgehead atoms. The van der Waals surface area contributed by atoms with E-state index < -0.39 is 0 Å². The maximum absolute atomic E-state index is 9.17. The molecule has 1 unspecified atom stereocenters. The van der Waals surface area contributed by atoms with Gasteiger partial charge in [-0.05, 0) is 0 Å². The Balaban J connectivity index is 1.98. The fraction of sp³-hybridized carbons (Fsp3) is 0.545. The van der Waals surface area contributed by atoms with Crippen molar-refractivity contribution in [1.82, 2.24) is 19.7 Å². The van der Waals surface area contributed by atoms with E-state index in [1.807, 2.05) is 7.05 Å². The molecule has 96 valence electrons. The summed E-state index contributed by atoms with van der Waals surface area (Å²) in [6, 6.07) is 0. The summed E-state index contributed by atoms with van der Waals surface area (Å²) in [6.07, 6.45) is 3.16. The van der Waals surface area contributed by atoms with Crippen LogP contribution in [0.1, 0.15) is 0 Å². The number of anilines is 1. The summed E-state index contributed by atoms with van der Waals surface area (Å²) < 4.78 is 7.17. The molecule has 1 aliphatic rings. The number of aromatic nitrogens is 4. The van der Waals surface area contributed by atoms with E-state index in [1.54, 1.807) is 17.2 Å². The molecule has 3 heterocycles. The molecule has 2 aromatic heterocycles. The zero-order valence-electron chi connectivity index (χ0n) is 10.2. The largest absolute Gasteiger partial charge is 0.394 e. The van der Waals surface area contributed by atoms with Crippen molar-refractivity contribution in [3.63, 3.8) is 0 Å². The first-order chi connectivity index (χ1) is 8.79. The maximum atomic E-state index is 9.17. The van der Waals surface area contributed by atoms with Crippen molar-refractivity contribution < 1.29 is 9.84 Å². The van der Waals surface area contributed by atoms with Gasteiger partial charge in [-0.25, -0.2) is 9.97 Å². The summed E-state index contributed by atoms with van der Waals surface area (Å²) >= 11 is 0. The lowest BCUT2D eigenvalue weighted by atomic mass is 10.2. The van der Waals surface area contributed by atoms with Gasteiger partial charge in [-0.3, -0.25) is 4.68 Å².